The fourth-order valence-electron chi connectivity index (χ4n) is 2.39. The quantitative estimate of drug-likeness (QED) is 0.644. The topological polar surface area (TPSA) is 26.3 Å². The number of hydrogen-bond acceptors (Lipinski definition) is 2. The molecule has 2 nitrogen and oxygen atoms in total. The number of carbonyl (C=O) groups excluding carboxylic acids is 1. The van der Waals surface area contributed by atoms with Gasteiger partial charge in [0.05, 0.1) is 12.0 Å². The van der Waals surface area contributed by atoms with Crippen molar-refractivity contribution in [2.75, 3.05) is 13.7 Å². The maximum absolute atomic E-state index is 12.5. The van der Waals surface area contributed by atoms with Gasteiger partial charge in [0.1, 0.15) is 5.78 Å². The lowest BCUT2D eigenvalue weighted by Crippen LogP contribution is -2.43. The minimum absolute atomic E-state index is 0.0831. The first-order valence-electron chi connectivity index (χ1n) is 6.81. The molecule has 0 aliphatic rings. The molecule has 1 atom stereocenters. The van der Waals surface area contributed by atoms with E-state index in [0.29, 0.717) is 24.2 Å². The molecule has 1 unspecified atom stereocenters. The van der Waals surface area contributed by atoms with Crippen molar-refractivity contribution in [2.24, 2.45) is 23.2 Å². The number of rotatable bonds is 8. The van der Waals surface area contributed by atoms with Gasteiger partial charge in [0.15, 0.2) is 0 Å². The monoisotopic (exact) mass is 242 g/mol. The second-order valence-corrected chi connectivity index (χ2v) is 6.20. The first-order chi connectivity index (χ1) is 7.77. The zero-order chi connectivity index (χ0) is 13.6. The van der Waals surface area contributed by atoms with Crippen molar-refractivity contribution in [2.45, 2.75) is 54.4 Å². The van der Waals surface area contributed by atoms with Crippen LogP contribution in [0, 0.1) is 23.2 Å². The molecule has 0 aromatic heterocycles. The smallest absolute Gasteiger partial charge is 0.144 e. The van der Waals surface area contributed by atoms with Crippen molar-refractivity contribution in [3.63, 3.8) is 0 Å². The molecule has 0 aliphatic carbocycles. The van der Waals surface area contributed by atoms with Crippen LogP contribution in [0.4, 0.5) is 0 Å². The molecule has 0 heterocycles. The summed E-state index contributed by atoms with van der Waals surface area (Å²) in [5.74, 6) is 1.40. The number of ether oxygens (including phenoxy) is 1. The summed E-state index contributed by atoms with van der Waals surface area (Å²) in [6.45, 7) is 13.2. The Bertz CT molecular complexity index is 231. The van der Waals surface area contributed by atoms with Crippen molar-refractivity contribution in [3.8, 4) is 0 Å². The summed E-state index contributed by atoms with van der Waals surface area (Å²) >= 11 is 0. The molecule has 0 fully saturated rings. The second kappa shape index (κ2) is 7.15. The molecule has 0 rings (SSSR count). The summed E-state index contributed by atoms with van der Waals surface area (Å²) in [5, 5.41) is 0. The van der Waals surface area contributed by atoms with Crippen LogP contribution in [0.2, 0.25) is 0 Å². The van der Waals surface area contributed by atoms with E-state index in [9.17, 15) is 4.79 Å². The van der Waals surface area contributed by atoms with E-state index in [2.05, 4.69) is 27.7 Å². The lowest BCUT2D eigenvalue weighted by molar-refractivity contribution is -0.139. The maximum atomic E-state index is 12.5. The summed E-state index contributed by atoms with van der Waals surface area (Å²) in [7, 11) is 1.69. The number of Topliss-reactive ketones (excluding diaryl/α,β-unsaturated/α-hetero) is 1. The number of methoxy groups -OCH3 is 1. The van der Waals surface area contributed by atoms with Crippen LogP contribution in [0.5, 0.6) is 0 Å². The van der Waals surface area contributed by atoms with Crippen LogP contribution in [0.15, 0.2) is 0 Å². The van der Waals surface area contributed by atoms with Crippen LogP contribution in [0.25, 0.3) is 0 Å². The molecular weight excluding hydrogens is 212 g/mol. The highest BCUT2D eigenvalue weighted by atomic mass is 16.5. The average molecular weight is 242 g/mol. The first-order valence-corrected chi connectivity index (χ1v) is 6.81. The van der Waals surface area contributed by atoms with Crippen molar-refractivity contribution >= 4 is 5.78 Å². The van der Waals surface area contributed by atoms with Crippen molar-refractivity contribution in [3.05, 3.63) is 0 Å². The Morgan fingerprint density at radius 3 is 1.94 bits per heavy atom. The molecule has 0 saturated carbocycles. The third-order valence-electron chi connectivity index (χ3n) is 3.69. The summed E-state index contributed by atoms with van der Waals surface area (Å²) in [5.41, 5.74) is -0.298. The summed E-state index contributed by atoms with van der Waals surface area (Å²) in [6, 6.07) is 0. The average Bonchev–Trinajstić information content (AvgIpc) is 2.22. The van der Waals surface area contributed by atoms with Gasteiger partial charge < -0.3 is 4.74 Å². The van der Waals surface area contributed by atoms with E-state index in [-0.39, 0.29) is 11.3 Å². The van der Waals surface area contributed by atoms with Gasteiger partial charge in [0.2, 0.25) is 0 Å². The minimum Gasteiger partial charge on any atom is -0.384 e. The van der Waals surface area contributed by atoms with Crippen LogP contribution in [-0.4, -0.2) is 19.5 Å². The van der Waals surface area contributed by atoms with Gasteiger partial charge in [-0.1, -0.05) is 41.5 Å². The van der Waals surface area contributed by atoms with Crippen molar-refractivity contribution < 1.29 is 9.53 Å². The largest absolute Gasteiger partial charge is 0.384 e. The fraction of sp³-hybridized carbons (Fsp3) is 0.933. The Balaban J connectivity index is 5.05. The predicted molar refractivity (Wildman–Crippen MR) is 73.1 cm³/mol. The molecule has 0 spiro atoms. The van der Waals surface area contributed by atoms with Crippen LogP contribution >= 0.6 is 0 Å². The molecule has 0 radical (unpaired) electrons. The highest BCUT2D eigenvalue weighted by Crippen LogP contribution is 2.37. The van der Waals surface area contributed by atoms with E-state index in [1.165, 1.54) is 0 Å². The SMILES string of the molecule is COCC(CCC(C)C)(C(=O)C(C)C)C(C)C. The molecular formula is C15H30O2. The van der Waals surface area contributed by atoms with Crippen molar-refractivity contribution in [1.29, 1.82) is 0 Å². The Morgan fingerprint density at radius 2 is 1.65 bits per heavy atom. The summed E-state index contributed by atoms with van der Waals surface area (Å²) in [6.07, 6.45) is 2.02. The number of hydrogen-bond donors (Lipinski definition) is 0. The van der Waals surface area contributed by atoms with E-state index in [1.54, 1.807) is 7.11 Å². The second-order valence-electron chi connectivity index (χ2n) is 6.20. The van der Waals surface area contributed by atoms with E-state index < -0.39 is 0 Å². The molecule has 0 bridgehead atoms. The van der Waals surface area contributed by atoms with Crippen LogP contribution < -0.4 is 0 Å². The molecule has 17 heavy (non-hydrogen) atoms. The molecule has 2 heteroatoms. The highest BCUT2D eigenvalue weighted by molar-refractivity contribution is 5.86. The lowest BCUT2D eigenvalue weighted by Gasteiger charge is -2.37. The Kier molecular flexibility index (Phi) is 6.99. The molecule has 0 N–H and O–H groups in total. The molecule has 0 aliphatic heterocycles. The number of carbonyl (C=O) groups is 1. The van der Waals surface area contributed by atoms with Crippen LogP contribution in [0.1, 0.15) is 54.4 Å². The highest BCUT2D eigenvalue weighted by Gasteiger charge is 2.41. The third-order valence-corrected chi connectivity index (χ3v) is 3.69. The normalized spacial score (nSPS) is 15.6. The predicted octanol–water partition coefficient (Wildman–Crippen LogP) is 3.94. The standard InChI is InChI=1S/C15H30O2/c1-11(2)8-9-15(10-17-7,13(5)6)14(16)12(3)4/h11-13H,8-10H2,1-7H3. The minimum atomic E-state index is -0.298. The molecule has 0 saturated heterocycles. The number of ketones is 1. The van der Waals surface area contributed by atoms with E-state index in [0.717, 1.165) is 12.8 Å². The Hall–Kier alpha value is -0.370. The van der Waals surface area contributed by atoms with Crippen LogP contribution in [-0.2, 0) is 9.53 Å². The molecule has 102 valence electrons. The Labute approximate surface area is 107 Å². The van der Waals surface area contributed by atoms with Crippen LogP contribution in [0.3, 0.4) is 0 Å². The van der Waals surface area contributed by atoms with E-state index >= 15 is 0 Å². The summed E-state index contributed by atoms with van der Waals surface area (Å²) < 4.78 is 5.35. The van der Waals surface area contributed by atoms with Gasteiger partial charge in [0, 0.05) is 13.0 Å². The molecule has 0 aromatic rings. The maximum Gasteiger partial charge on any atom is 0.144 e. The first kappa shape index (κ1) is 16.6. The zero-order valence-electron chi connectivity index (χ0n) is 12.7. The molecule has 0 aromatic carbocycles. The van der Waals surface area contributed by atoms with E-state index in [1.807, 2.05) is 13.8 Å². The van der Waals surface area contributed by atoms with E-state index in [4.69, 9.17) is 4.74 Å². The third kappa shape index (κ3) is 4.42. The Morgan fingerprint density at radius 1 is 1.12 bits per heavy atom. The van der Waals surface area contributed by atoms with Gasteiger partial charge in [-0.3, -0.25) is 4.79 Å². The zero-order valence-corrected chi connectivity index (χ0v) is 12.7. The fourth-order valence-corrected chi connectivity index (χ4v) is 2.39. The van der Waals surface area contributed by atoms with Gasteiger partial charge >= 0.3 is 0 Å². The molecule has 0 amide bonds. The summed E-state index contributed by atoms with van der Waals surface area (Å²) in [4.78, 5) is 12.5. The van der Waals surface area contributed by atoms with Gasteiger partial charge in [-0.25, -0.2) is 0 Å². The van der Waals surface area contributed by atoms with Gasteiger partial charge in [-0.05, 0) is 24.7 Å². The lowest BCUT2D eigenvalue weighted by atomic mass is 9.67. The van der Waals surface area contributed by atoms with Gasteiger partial charge in [-0.15, -0.1) is 0 Å². The van der Waals surface area contributed by atoms with Crippen molar-refractivity contribution in [1.82, 2.24) is 0 Å². The van der Waals surface area contributed by atoms with Gasteiger partial charge in [-0.2, -0.15) is 0 Å². The van der Waals surface area contributed by atoms with Gasteiger partial charge in [0.25, 0.3) is 0 Å².